The normalized spacial score (nSPS) is 11.2. The topological polar surface area (TPSA) is 251 Å². The van der Waals surface area contributed by atoms with Gasteiger partial charge in [-0.05, 0) is 0 Å². The van der Waals surface area contributed by atoms with Crippen molar-refractivity contribution in [1.82, 2.24) is 0 Å². The van der Waals surface area contributed by atoms with Crippen molar-refractivity contribution < 1.29 is 62.3 Å². The van der Waals surface area contributed by atoms with Crippen LogP contribution in [0.4, 0.5) is 0 Å². The van der Waals surface area contributed by atoms with Crippen molar-refractivity contribution >= 4 is 26.2 Å². The van der Waals surface area contributed by atoms with E-state index in [0.717, 1.165) is 0 Å². The average molecular weight is 455 g/mol. The standard InChI is InChI=1S/Bi.3H3NO4.3H/c;3*2-1(3,4)5;;;/h;3*2-4H;;;. The molecule has 0 unspecified atom stereocenters. The number of hydrogen-bond acceptors (Lipinski definition) is 12. The molecule has 0 radical (unpaired) electrons. The Hall–Kier alpha value is 0.283. The van der Waals surface area contributed by atoms with Crippen LogP contribution in [0.3, 0.4) is 0 Å². The van der Waals surface area contributed by atoms with E-state index >= 15 is 0 Å². The molecule has 0 aliphatic carbocycles. The van der Waals surface area contributed by atoms with Crippen molar-refractivity contribution in [1.29, 1.82) is 0 Å². The van der Waals surface area contributed by atoms with E-state index in [1.165, 1.54) is 0 Å². The molecule has 0 spiro atoms. The van der Waals surface area contributed by atoms with E-state index in [1.54, 1.807) is 0 Å². The number of nitrogens with zero attached hydrogens (tertiary/aromatic N) is 3. The molecule has 0 rings (SSSR count). The van der Waals surface area contributed by atoms with E-state index in [-0.39, 0.29) is 26.2 Å². The van der Waals surface area contributed by atoms with Gasteiger partial charge in [0.25, 0.3) is 0 Å². The first-order chi connectivity index (χ1) is 6.00. The van der Waals surface area contributed by atoms with E-state index in [4.69, 9.17) is 62.5 Å². The molecule has 0 heterocycles. The SMILES string of the molecule is [BiH3].[O-][N+](O)(O)O.[O-][N+](O)(O)O.[O-][N+](O)(O)O. The fraction of sp³-hybridized carbons (Fsp3) is 0. The molecule has 0 bridgehead atoms. The molecule has 0 aromatic carbocycles. The third-order valence-electron chi connectivity index (χ3n) is 0. The smallest absolute Gasteiger partial charge is 0.0686 e. The largest absolute Gasteiger partial charge is 0.529 e. The summed E-state index contributed by atoms with van der Waals surface area (Å²) in [5, 5.41) is 79.5. The van der Waals surface area contributed by atoms with E-state index in [2.05, 4.69) is 0 Å². The van der Waals surface area contributed by atoms with Crippen LogP contribution >= 0.6 is 0 Å². The number of rotatable bonds is 0. The van der Waals surface area contributed by atoms with Crippen LogP contribution in [0.2, 0.25) is 0 Å². The minimum atomic E-state index is -3.25. The molecule has 0 fully saturated rings. The van der Waals surface area contributed by atoms with Gasteiger partial charge in [-0.25, -0.2) is 0 Å². The van der Waals surface area contributed by atoms with Gasteiger partial charge in [-0.1, -0.05) is 0 Å². The summed E-state index contributed by atoms with van der Waals surface area (Å²) in [4.78, 5) is 0. The Morgan fingerprint density at radius 3 is 0.438 bits per heavy atom. The second-order valence-corrected chi connectivity index (χ2v) is 1.54. The maximum absolute atomic E-state index is 8.71. The van der Waals surface area contributed by atoms with Gasteiger partial charge >= 0.3 is 26.2 Å². The summed E-state index contributed by atoms with van der Waals surface area (Å²) < 4.78 is 0. The second-order valence-electron chi connectivity index (χ2n) is 1.54. The molecule has 16 heavy (non-hydrogen) atoms. The van der Waals surface area contributed by atoms with Gasteiger partial charge in [0.15, 0.2) is 0 Å². The first-order valence-electron chi connectivity index (χ1n) is 2.35. The summed E-state index contributed by atoms with van der Waals surface area (Å²) in [6, 6.07) is 0. The molecular weight excluding hydrogens is 443 g/mol. The predicted molar refractivity (Wildman–Crippen MR) is 36.9 cm³/mol. The van der Waals surface area contributed by atoms with Crippen molar-refractivity contribution in [3.8, 4) is 0 Å². The van der Waals surface area contributed by atoms with E-state index < -0.39 is 15.4 Å². The fourth-order valence-corrected chi connectivity index (χ4v) is 0. The first-order valence-corrected chi connectivity index (χ1v) is 2.35. The van der Waals surface area contributed by atoms with Gasteiger partial charge in [-0.15, -0.1) is 46.9 Å². The molecule has 0 aromatic heterocycles. The van der Waals surface area contributed by atoms with Gasteiger partial charge in [0.2, 0.25) is 0 Å². The average Bonchev–Trinajstić information content (AvgIpc) is 1.41. The zero-order chi connectivity index (χ0) is 13.5. The van der Waals surface area contributed by atoms with Crippen molar-refractivity contribution in [3.05, 3.63) is 15.6 Å². The van der Waals surface area contributed by atoms with Crippen LogP contribution in [-0.4, -0.2) is 88.5 Å². The van der Waals surface area contributed by atoms with Crippen molar-refractivity contribution in [2.24, 2.45) is 0 Å². The molecular formula is H12BiN3O12. The summed E-state index contributed by atoms with van der Waals surface area (Å²) in [5.41, 5.74) is 0. The summed E-state index contributed by atoms with van der Waals surface area (Å²) in [6.45, 7) is 0. The Balaban J connectivity index is -0.0000000655. The van der Waals surface area contributed by atoms with Crippen molar-refractivity contribution in [3.63, 3.8) is 0 Å². The van der Waals surface area contributed by atoms with Crippen molar-refractivity contribution in [2.45, 2.75) is 0 Å². The van der Waals surface area contributed by atoms with Crippen LogP contribution in [0.5, 0.6) is 0 Å². The van der Waals surface area contributed by atoms with Crippen LogP contribution < -0.4 is 0 Å². The molecule has 104 valence electrons. The monoisotopic (exact) mass is 455 g/mol. The molecule has 15 nitrogen and oxygen atoms in total. The maximum Gasteiger partial charge on any atom is 0.0686 e. The summed E-state index contributed by atoms with van der Waals surface area (Å²) >= 11 is 0. The third kappa shape index (κ3) is 31400. The van der Waals surface area contributed by atoms with Crippen LogP contribution in [0.25, 0.3) is 0 Å². The molecule has 0 amide bonds. The molecule has 9 N–H and O–H groups in total. The molecule has 0 aromatic rings. The molecule has 0 saturated carbocycles. The Labute approximate surface area is 105 Å². The van der Waals surface area contributed by atoms with Gasteiger partial charge in [0.05, 0.1) is 15.4 Å². The Morgan fingerprint density at radius 1 is 0.438 bits per heavy atom. The van der Waals surface area contributed by atoms with Gasteiger partial charge in [0.1, 0.15) is 0 Å². The van der Waals surface area contributed by atoms with Crippen LogP contribution in [0.1, 0.15) is 0 Å². The Bertz CT molecular complexity index is 91.3. The summed E-state index contributed by atoms with van der Waals surface area (Å²) in [7, 11) is 0. The molecule has 0 aliphatic heterocycles. The van der Waals surface area contributed by atoms with Crippen LogP contribution in [0.15, 0.2) is 0 Å². The first kappa shape index (κ1) is 25.2. The number of hydrogen-bond donors (Lipinski definition) is 9. The van der Waals surface area contributed by atoms with Gasteiger partial charge in [0, 0.05) is 0 Å². The van der Waals surface area contributed by atoms with Crippen LogP contribution in [0, 0.1) is 15.6 Å². The molecule has 16 heteroatoms. The van der Waals surface area contributed by atoms with E-state index in [0.29, 0.717) is 0 Å². The zero-order valence-corrected chi connectivity index (χ0v) is 12.8. The van der Waals surface area contributed by atoms with Gasteiger partial charge < -0.3 is 15.6 Å². The number of quaternary nitrogens is 3. The van der Waals surface area contributed by atoms with Crippen LogP contribution in [-0.2, 0) is 0 Å². The van der Waals surface area contributed by atoms with Gasteiger partial charge in [-0.3, -0.25) is 0 Å². The minimum absolute atomic E-state index is 0. The van der Waals surface area contributed by atoms with Gasteiger partial charge in [-0.2, -0.15) is 0 Å². The molecule has 0 saturated heterocycles. The Morgan fingerprint density at radius 2 is 0.438 bits per heavy atom. The van der Waals surface area contributed by atoms with Crippen molar-refractivity contribution in [2.75, 3.05) is 0 Å². The maximum atomic E-state index is 8.71. The summed E-state index contributed by atoms with van der Waals surface area (Å²) in [6.07, 6.45) is 0. The fourth-order valence-electron chi connectivity index (χ4n) is 0. The zero-order valence-electron chi connectivity index (χ0n) is 7.30. The summed E-state index contributed by atoms with van der Waals surface area (Å²) in [5.74, 6) is 0. The molecule has 0 atom stereocenters. The Kier molecular flexibility index (Phi) is 14.7. The van der Waals surface area contributed by atoms with E-state index in [1.807, 2.05) is 0 Å². The second kappa shape index (κ2) is 9.33. The molecule has 0 aliphatic rings. The predicted octanol–water partition coefficient (Wildman–Crippen LogP) is -2.78. The minimum Gasteiger partial charge on any atom is -0.529 e. The van der Waals surface area contributed by atoms with E-state index in [9.17, 15) is 0 Å². The quantitative estimate of drug-likeness (QED) is 0.102. The third-order valence-corrected chi connectivity index (χ3v) is 0.